The third kappa shape index (κ3) is 3.48. The molecule has 18 heavy (non-hydrogen) atoms. The fraction of sp³-hybridized carbons (Fsp3) is 0.600. The molecular formula is C15H22BrNO. The minimum absolute atomic E-state index is 0.417. The van der Waals surface area contributed by atoms with E-state index < -0.39 is 0 Å². The van der Waals surface area contributed by atoms with Crippen molar-refractivity contribution < 1.29 is 4.74 Å². The van der Waals surface area contributed by atoms with Crippen molar-refractivity contribution in [2.75, 3.05) is 5.73 Å². The average molecular weight is 312 g/mol. The summed E-state index contributed by atoms with van der Waals surface area (Å²) in [4.78, 5) is 0. The molecule has 0 bridgehead atoms. The summed E-state index contributed by atoms with van der Waals surface area (Å²) in [5, 5.41) is 0. The smallest absolute Gasteiger partial charge is 0.0731 e. The van der Waals surface area contributed by atoms with E-state index in [2.05, 4.69) is 29.8 Å². The molecule has 1 saturated carbocycles. The lowest BCUT2D eigenvalue weighted by atomic mass is 9.80. The molecule has 0 radical (unpaired) electrons. The molecule has 3 unspecified atom stereocenters. The van der Waals surface area contributed by atoms with E-state index in [9.17, 15) is 0 Å². The van der Waals surface area contributed by atoms with Gasteiger partial charge in [0.15, 0.2) is 0 Å². The molecule has 2 rings (SSSR count). The lowest BCUT2D eigenvalue weighted by molar-refractivity contribution is -0.00765. The van der Waals surface area contributed by atoms with Crippen LogP contribution < -0.4 is 5.73 Å². The molecule has 0 aromatic heterocycles. The molecule has 3 heteroatoms. The molecule has 2 N–H and O–H groups in total. The fourth-order valence-electron chi connectivity index (χ4n) is 2.54. The monoisotopic (exact) mass is 311 g/mol. The Hall–Kier alpha value is -0.540. The van der Waals surface area contributed by atoms with Gasteiger partial charge in [0.2, 0.25) is 0 Å². The first-order valence-electron chi connectivity index (χ1n) is 6.71. The lowest BCUT2D eigenvalue weighted by Crippen LogP contribution is -2.26. The molecule has 1 fully saturated rings. The number of anilines is 1. The van der Waals surface area contributed by atoms with E-state index in [1.807, 2.05) is 18.2 Å². The fourth-order valence-corrected chi connectivity index (χ4v) is 3.05. The quantitative estimate of drug-likeness (QED) is 0.841. The van der Waals surface area contributed by atoms with Gasteiger partial charge in [-0.3, -0.25) is 0 Å². The molecule has 1 aromatic carbocycles. The first-order valence-corrected chi connectivity index (χ1v) is 7.51. The van der Waals surface area contributed by atoms with Crippen LogP contribution in [0.15, 0.2) is 22.7 Å². The average Bonchev–Trinajstić information content (AvgIpc) is 2.32. The van der Waals surface area contributed by atoms with Gasteiger partial charge >= 0.3 is 0 Å². The summed E-state index contributed by atoms with van der Waals surface area (Å²) in [6, 6.07) is 5.90. The normalized spacial score (nSPS) is 28.3. The van der Waals surface area contributed by atoms with Gasteiger partial charge in [0, 0.05) is 10.2 Å². The van der Waals surface area contributed by atoms with Crippen molar-refractivity contribution >= 4 is 21.6 Å². The van der Waals surface area contributed by atoms with Gasteiger partial charge in [-0.1, -0.05) is 35.8 Å². The van der Waals surface area contributed by atoms with E-state index in [0.29, 0.717) is 12.7 Å². The lowest BCUT2D eigenvalue weighted by Gasteiger charge is -2.32. The van der Waals surface area contributed by atoms with E-state index in [1.54, 1.807) is 0 Å². The Morgan fingerprint density at radius 1 is 1.28 bits per heavy atom. The Morgan fingerprint density at radius 2 is 2.06 bits per heavy atom. The first kappa shape index (κ1) is 13.9. The van der Waals surface area contributed by atoms with E-state index in [1.165, 1.54) is 24.8 Å². The van der Waals surface area contributed by atoms with Gasteiger partial charge in [-0.15, -0.1) is 0 Å². The van der Waals surface area contributed by atoms with Crippen LogP contribution in [0, 0.1) is 11.8 Å². The molecule has 1 aliphatic rings. The molecule has 1 aliphatic carbocycles. The highest BCUT2D eigenvalue weighted by Gasteiger charge is 2.24. The molecule has 0 heterocycles. The molecule has 1 aromatic rings. The van der Waals surface area contributed by atoms with Gasteiger partial charge in [0.1, 0.15) is 0 Å². The predicted molar refractivity (Wildman–Crippen MR) is 79.3 cm³/mol. The van der Waals surface area contributed by atoms with Crippen LogP contribution in [-0.2, 0) is 11.3 Å². The maximum Gasteiger partial charge on any atom is 0.0731 e. The van der Waals surface area contributed by atoms with Gasteiger partial charge in [-0.25, -0.2) is 0 Å². The summed E-state index contributed by atoms with van der Waals surface area (Å²) in [5.74, 6) is 1.62. The largest absolute Gasteiger partial charge is 0.399 e. The summed E-state index contributed by atoms with van der Waals surface area (Å²) in [6.45, 7) is 5.35. The van der Waals surface area contributed by atoms with Crippen molar-refractivity contribution in [1.29, 1.82) is 0 Å². The Bertz CT molecular complexity index is 407. The Morgan fingerprint density at radius 3 is 2.72 bits per heavy atom. The standard InChI is InChI=1S/C15H22BrNO/c1-10-3-6-14(7-11(10)2)18-9-12-4-5-13(17)8-15(12)16/h4-5,8,10-11,14H,3,6-7,9,17H2,1-2H3. The summed E-state index contributed by atoms with van der Waals surface area (Å²) in [7, 11) is 0. The van der Waals surface area contributed by atoms with Crippen LogP contribution in [0.3, 0.4) is 0 Å². The van der Waals surface area contributed by atoms with Crippen LogP contribution in [0.25, 0.3) is 0 Å². The first-order chi connectivity index (χ1) is 8.56. The van der Waals surface area contributed by atoms with Crippen LogP contribution in [0.5, 0.6) is 0 Å². The highest BCUT2D eigenvalue weighted by atomic mass is 79.9. The van der Waals surface area contributed by atoms with Crippen molar-refractivity contribution in [3.05, 3.63) is 28.2 Å². The number of nitrogens with two attached hydrogens (primary N) is 1. The Balaban J connectivity index is 1.88. The number of hydrogen-bond acceptors (Lipinski definition) is 2. The second-order valence-corrected chi connectivity index (χ2v) is 6.41. The molecular weight excluding hydrogens is 290 g/mol. The number of nitrogen functional groups attached to an aromatic ring is 1. The van der Waals surface area contributed by atoms with Gasteiger partial charge in [0.25, 0.3) is 0 Å². The molecule has 0 amide bonds. The number of hydrogen-bond donors (Lipinski definition) is 1. The van der Waals surface area contributed by atoms with Crippen LogP contribution in [0.4, 0.5) is 5.69 Å². The van der Waals surface area contributed by atoms with E-state index >= 15 is 0 Å². The molecule has 0 saturated heterocycles. The zero-order valence-corrected chi connectivity index (χ0v) is 12.7. The van der Waals surface area contributed by atoms with Crippen molar-refractivity contribution in [2.45, 2.75) is 45.8 Å². The summed E-state index contributed by atoms with van der Waals surface area (Å²) < 4.78 is 7.08. The van der Waals surface area contributed by atoms with Gasteiger partial charge in [-0.2, -0.15) is 0 Å². The second kappa shape index (κ2) is 6.07. The van der Waals surface area contributed by atoms with Crippen LogP contribution in [0.2, 0.25) is 0 Å². The second-order valence-electron chi connectivity index (χ2n) is 5.55. The van der Waals surface area contributed by atoms with Crippen molar-refractivity contribution in [3.8, 4) is 0 Å². The SMILES string of the molecule is CC1CCC(OCc2ccc(N)cc2Br)CC1C. The van der Waals surface area contributed by atoms with Gasteiger partial charge < -0.3 is 10.5 Å². The topological polar surface area (TPSA) is 35.2 Å². The Labute approximate surface area is 118 Å². The third-order valence-corrected chi connectivity index (χ3v) is 4.84. The third-order valence-electron chi connectivity index (χ3n) is 4.10. The van der Waals surface area contributed by atoms with Crippen LogP contribution >= 0.6 is 15.9 Å². The number of benzene rings is 1. The number of rotatable bonds is 3. The van der Waals surface area contributed by atoms with E-state index in [0.717, 1.165) is 22.0 Å². The van der Waals surface area contributed by atoms with Gasteiger partial charge in [0.05, 0.1) is 12.7 Å². The van der Waals surface area contributed by atoms with Crippen LogP contribution in [0.1, 0.15) is 38.7 Å². The van der Waals surface area contributed by atoms with Crippen molar-refractivity contribution in [3.63, 3.8) is 0 Å². The summed E-state index contributed by atoms with van der Waals surface area (Å²) >= 11 is 3.53. The maximum atomic E-state index is 6.04. The highest BCUT2D eigenvalue weighted by Crippen LogP contribution is 2.31. The van der Waals surface area contributed by atoms with Crippen molar-refractivity contribution in [1.82, 2.24) is 0 Å². The molecule has 100 valence electrons. The summed E-state index contributed by atoms with van der Waals surface area (Å²) in [5.41, 5.74) is 7.69. The Kier molecular flexibility index (Phi) is 4.68. The number of ether oxygens (including phenoxy) is 1. The maximum absolute atomic E-state index is 6.04. The summed E-state index contributed by atoms with van der Waals surface area (Å²) in [6.07, 6.45) is 4.08. The van der Waals surface area contributed by atoms with Crippen LogP contribution in [-0.4, -0.2) is 6.10 Å². The molecule has 2 nitrogen and oxygen atoms in total. The van der Waals surface area contributed by atoms with E-state index in [-0.39, 0.29) is 0 Å². The van der Waals surface area contributed by atoms with Gasteiger partial charge in [-0.05, 0) is 48.8 Å². The van der Waals surface area contributed by atoms with E-state index in [4.69, 9.17) is 10.5 Å². The zero-order valence-electron chi connectivity index (χ0n) is 11.2. The number of halogens is 1. The highest BCUT2D eigenvalue weighted by molar-refractivity contribution is 9.10. The molecule has 0 aliphatic heterocycles. The minimum atomic E-state index is 0.417. The predicted octanol–water partition coefficient (Wildman–Crippen LogP) is 4.37. The minimum Gasteiger partial charge on any atom is -0.399 e. The zero-order chi connectivity index (χ0) is 13.1. The van der Waals surface area contributed by atoms with Crippen molar-refractivity contribution in [2.24, 2.45) is 11.8 Å². The molecule has 0 spiro atoms. The molecule has 3 atom stereocenters.